The van der Waals surface area contributed by atoms with Gasteiger partial charge < -0.3 is 21.9 Å². The highest BCUT2D eigenvalue weighted by molar-refractivity contribution is 5.94. The summed E-state index contributed by atoms with van der Waals surface area (Å²) in [7, 11) is 0. The molecule has 0 saturated heterocycles. The fourth-order valence-corrected chi connectivity index (χ4v) is 1.38. The van der Waals surface area contributed by atoms with Gasteiger partial charge in [-0.3, -0.25) is 14.9 Å². The van der Waals surface area contributed by atoms with Gasteiger partial charge in [0.25, 0.3) is 5.69 Å². The smallest absolute Gasteiger partial charge is 0.293 e. The Hall–Kier alpha value is -2.19. The van der Waals surface area contributed by atoms with E-state index in [1.54, 1.807) is 0 Å². The van der Waals surface area contributed by atoms with Crippen molar-refractivity contribution in [2.45, 2.75) is 19.1 Å². The Morgan fingerprint density at radius 3 is 2.68 bits per heavy atom. The molecule has 0 aliphatic rings. The average molecular weight is 268 g/mol. The number of amides is 1. The zero-order valence-corrected chi connectivity index (χ0v) is 10.4. The van der Waals surface area contributed by atoms with E-state index < -0.39 is 23.0 Å². The molecule has 104 valence electrons. The molecule has 2 atom stereocenters. The van der Waals surface area contributed by atoms with Crippen LogP contribution in [0.3, 0.4) is 0 Å². The van der Waals surface area contributed by atoms with Crippen molar-refractivity contribution < 1.29 is 14.8 Å². The largest absolute Gasteiger partial charge is 0.392 e. The number of nitro benzene ring substituents is 1. The Bertz CT molecular complexity index is 490. The molecule has 0 spiro atoms. The van der Waals surface area contributed by atoms with Crippen LogP contribution in [0.25, 0.3) is 0 Å². The fraction of sp³-hybridized carbons (Fsp3) is 0.364. The molecule has 0 radical (unpaired) electrons. The lowest BCUT2D eigenvalue weighted by Crippen LogP contribution is -2.38. The van der Waals surface area contributed by atoms with E-state index in [-0.39, 0.29) is 23.5 Å². The van der Waals surface area contributed by atoms with E-state index in [4.69, 9.17) is 11.5 Å². The lowest BCUT2D eigenvalue weighted by molar-refractivity contribution is -0.384. The number of aliphatic hydroxyl groups is 1. The summed E-state index contributed by atoms with van der Waals surface area (Å²) >= 11 is 0. The van der Waals surface area contributed by atoms with Crippen LogP contribution in [0.2, 0.25) is 0 Å². The number of aliphatic hydroxyl groups excluding tert-OH is 1. The molecule has 0 aliphatic carbocycles. The molecular weight excluding hydrogens is 252 g/mol. The molecule has 1 aromatic rings. The van der Waals surface area contributed by atoms with Gasteiger partial charge >= 0.3 is 0 Å². The SMILES string of the molecule is CC(O)C(N)CNc1ccc(C(N)=O)cc1[N+](=O)[O-]. The molecule has 0 aromatic heterocycles. The molecule has 1 rings (SSSR count). The van der Waals surface area contributed by atoms with Gasteiger partial charge in [0.2, 0.25) is 5.91 Å². The summed E-state index contributed by atoms with van der Waals surface area (Å²) in [5.41, 5.74) is 10.7. The van der Waals surface area contributed by atoms with Crippen molar-refractivity contribution in [3.05, 3.63) is 33.9 Å². The van der Waals surface area contributed by atoms with Crippen LogP contribution in [0.15, 0.2) is 18.2 Å². The van der Waals surface area contributed by atoms with E-state index in [2.05, 4.69) is 5.32 Å². The minimum absolute atomic E-state index is 0.0528. The predicted octanol–water partition coefficient (Wildman–Crippen LogP) is -0.186. The molecule has 19 heavy (non-hydrogen) atoms. The minimum atomic E-state index is -0.740. The number of benzene rings is 1. The zero-order valence-electron chi connectivity index (χ0n) is 10.4. The quantitative estimate of drug-likeness (QED) is 0.416. The first-order valence-electron chi connectivity index (χ1n) is 5.58. The molecule has 0 heterocycles. The van der Waals surface area contributed by atoms with Gasteiger partial charge in [0.05, 0.1) is 11.0 Å². The number of nitrogens with zero attached hydrogens (tertiary/aromatic N) is 1. The normalized spacial score (nSPS) is 13.6. The molecule has 0 bridgehead atoms. The van der Waals surface area contributed by atoms with Crippen molar-refractivity contribution in [1.82, 2.24) is 0 Å². The summed E-state index contributed by atoms with van der Waals surface area (Å²) in [6, 6.07) is 3.30. The van der Waals surface area contributed by atoms with Gasteiger partial charge in [0.15, 0.2) is 0 Å². The van der Waals surface area contributed by atoms with E-state index in [1.165, 1.54) is 19.1 Å². The lowest BCUT2D eigenvalue weighted by Gasteiger charge is -2.16. The Labute approximate surface area is 109 Å². The van der Waals surface area contributed by atoms with Crippen LogP contribution in [0, 0.1) is 10.1 Å². The van der Waals surface area contributed by atoms with Gasteiger partial charge in [-0.15, -0.1) is 0 Å². The maximum absolute atomic E-state index is 11.0. The first-order chi connectivity index (χ1) is 8.82. The molecule has 0 aliphatic heterocycles. The van der Waals surface area contributed by atoms with Crippen molar-refractivity contribution in [3.8, 4) is 0 Å². The zero-order chi connectivity index (χ0) is 14.6. The Morgan fingerprint density at radius 2 is 2.21 bits per heavy atom. The third-order valence-corrected chi connectivity index (χ3v) is 2.63. The number of hydrogen-bond acceptors (Lipinski definition) is 6. The standard InChI is InChI=1S/C11H16N4O4/c1-6(16)8(12)5-14-9-3-2-7(11(13)17)4-10(9)15(18)19/h2-4,6,8,14,16H,5,12H2,1H3,(H2,13,17). The summed E-state index contributed by atoms with van der Waals surface area (Å²) in [4.78, 5) is 21.3. The van der Waals surface area contributed by atoms with Crippen molar-refractivity contribution in [3.63, 3.8) is 0 Å². The topological polar surface area (TPSA) is 145 Å². The number of hydrogen-bond donors (Lipinski definition) is 4. The number of carbonyl (C=O) groups is 1. The summed E-state index contributed by atoms with van der Waals surface area (Å²) in [6.45, 7) is 1.69. The van der Waals surface area contributed by atoms with Crippen LogP contribution >= 0.6 is 0 Å². The molecule has 2 unspecified atom stereocenters. The average Bonchev–Trinajstić information content (AvgIpc) is 2.35. The predicted molar refractivity (Wildman–Crippen MR) is 69.8 cm³/mol. The van der Waals surface area contributed by atoms with Crippen molar-refractivity contribution >= 4 is 17.3 Å². The van der Waals surface area contributed by atoms with Crippen LogP contribution in [-0.2, 0) is 0 Å². The molecule has 1 amide bonds. The maximum Gasteiger partial charge on any atom is 0.293 e. The van der Waals surface area contributed by atoms with E-state index >= 15 is 0 Å². The van der Waals surface area contributed by atoms with Crippen molar-refractivity contribution in [2.75, 3.05) is 11.9 Å². The van der Waals surface area contributed by atoms with E-state index in [0.29, 0.717) is 0 Å². The molecule has 6 N–H and O–H groups in total. The van der Waals surface area contributed by atoms with Crippen molar-refractivity contribution in [1.29, 1.82) is 0 Å². The molecule has 8 heteroatoms. The Kier molecular flexibility index (Phi) is 4.79. The van der Waals surface area contributed by atoms with Gasteiger partial charge in [-0.25, -0.2) is 0 Å². The minimum Gasteiger partial charge on any atom is -0.392 e. The molecule has 1 aromatic carbocycles. The second kappa shape index (κ2) is 6.12. The Morgan fingerprint density at radius 1 is 1.58 bits per heavy atom. The number of nitrogens with one attached hydrogen (secondary N) is 1. The number of anilines is 1. The van der Waals surface area contributed by atoms with Crippen LogP contribution < -0.4 is 16.8 Å². The summed E-state index contributed by atoms with van der Waals surface area (Å²) < 4.78 is 0. The third-order valence-electron chi connectivity index (χ3n) is 2.63. The number of carbonyl (C=O) groups excluding carboxylic acids is 1. The molecule has 0 saturated carbocycles. The summed E-state index contributed by atoms with van der Waals surface area (Å²) in [5, 5.41) is 22.9. The lowest BCUT2D eigenvalue weighted by atomic mass is 10.1. The highest BCUT2D eigenvalue weighted by atomic mass is 16.6. The van der Waals surface area contributed by atoms with E-state index in [1.807, 2.05) is 0 Å². The Balaban J connectivity index is 2.94. The van der Waals surface area contributed by atoms with E-state index in [9.17, 15) is 20.0 Å². The van der Waals surface area contributed by atoms with Gasteiger partial charge in [0.1, 0.15) is 5.69 Å². The second-order valence-electron chi connectivity index (χ2n) is 4.14. The van der Waals surface area contributed by atoms with Gasteiger partial charge in [-0.1, -0.05) is 0 Å². The van der Waals surface area contributed by atoms with Crippen molar-refractivity contribution in [2.24, 2.45) is 11.5 Å². The highest BCUT2D eigenvalue weighted by Gasteiger charge is 2.17. The van der Waals surface area contributed by atoms with Gasteiger partial charge in [-0.2, -0.15) is 0 Å². The number of rotatable bonds is 6. The highest BCUT2D eigenvalue weighted by Crippen LogP contribution is 2.25. The van der Waals surface area contributed by atoms with Gasteiger partial charge in [-0.05, 0) is 19.1 Å². The second-order valence-corrected chi connectivity index (χ2v) is 4.14. The molecular formula is C11H16N4O4. The number of primary amides is 1. The van der Waals surface area contributed by atoms with Crippen LogP contribution in [0.1, 0.15) is 17.3 Å². The number of nitrogens with two attached hydrogens (primary N) is 2. The number of nitro groups is 1. The fourth-order valence-electron chi connectivity index (χ4n) is 1.38. The molecule has 0 fully saturated rings. The molecule has 8 nitrogen and oxygen atoms in total. The summed E-state index contributed by atoms with van der Waals surface area (Å²) in [6.07, 6.45) is -0.739. The van der Waals surface area contributed by atoms with Crippen LogP contribution in [0.4, 0.5) is 11.4 Å². The van der Waals surface area contributed by atoms with Crippen LogP contribution in [-0.4, -0.2) is 34.6 Å². The first-order valence-corrected chi connectivity index (χ1v) is 5.58. The monoisotopic (exact) mass is 268 g/mol. The maximum atomic E-state index is 11.0. The van der Waals surface area contributed by atoms with Gasteiger partial charge in [0, 0.05) is 24.2 Å². The van der Waals surface area contributed by atoms with Crippen LogP contribution in [0.5, 0.6) is 0 Å². The third kappa shape index (κ3) is 3.90. The van der Waals surface area contributed by atoms with E-state index in [0.717, 1.165) is 6.07 Å². The first kappa shape index (κ1) is 14.9. The summed E-state index contributed by atoms with van der Waals surface area (Å²) in [5.74, 6) is -0.740.